The van der Waals surface area contributed by atoms with Gasteiger partial charge in [-0.15, -0.1) is 24.0 Å². The minimum Gasteiger partial charge on any atom is -0.497 e. The molecule has 0 atom stereocenters. The maximum Gasteiger partial charge on any atom is 0.387 e. The van der Waals surface area contributed by atoms with Gasteiger partial charge in [0.15, 0.2) is 5.96 Å². The second kappa shape index (κ2) is 11.9. The van der Waals surface area contributed by atoms with Crippen LogP contribution in [0, 0.1) is 0 Å². The van der Waals surface area contributed by atoms with E-state index in [0.717, 1.165) is 38.4 Å². The molecular weight excluding hydrogens is 511 g/mol. The largest absolute Gasteiger partial charge is 0.497 e. The van der Waals surface area contributed by atoms with Crippen molar-refractivity contribution in [2.24, 2.45) is 4.99 Å². The van der Waals surface area contributed by atoms with Crippen LogP contribution in [0.25, 0.3) is 0 Å². The highest BCUT2D eigenvalue weighted by Crippen LogP contribution is 2.26. The summed E-state index contributed by atoms with van der Waals surface area (Å²) in [6.07, 6.45) is 1.57. The Morgan fingerprint density at radius 1 is 1.27 bits per heavy atom. The van der Waals surface area contributed by atoms with Crippen LogP contribution in [-0.4, -0.2) is 67.9 Å². The fourth-order valence-electron chi connectivity index (χ4n) is 3.19. The molecule has 1 aliphatic rings. The van der Waals surface area contributed by atoms with Crippen LogP contribution in [0.4, 0.5) is 8.78 Å². The molecule has 0 radical (unpaired) electrons. The van der Waals surface area contributed by atoms with Gasteiger partial charge in [0.25, 0.3) is 0 Å². The van der Waals surface area contributed by atoms with Crippen molar-refractivity contribution < 1.29 is 22.8 Å². The predicted octanol–water partition coefficient (Wildman–Crippen LogP) is 2.80. The van der Waals surface area contributed by atoms with E-state index in [9.17, 15) is 8.78 Å². The zero-order valence-corrected chi connectivity index (χ0v) is 19.2. The quantitative estimate of drug-likeness (QED) is 0.331. The van der Waals surface area contributed by atoms with E-state index in [1.54, 1.807) is 25.4 Å². The Morgan fingerprint density at radius 3 is 2.63 bits per heavy atom. The zero-order chi connectivity index (χ0) is 20.6. The van der Waals surface area contributed by atoms with Gasteiger partial charge in [0.05, 0.1) is 12.8 Å². The molecule has 0 spiro atoms. The SMILES string of the molecule is CN=C(NCc1ccc(OC)cc1OC(F)F)N1CCN(Cc2ccon2)CC1.I. The van der Waals surface area contributed by atoms with Crippen molar-refractivity contribution in [3.05, 3.63) is 41.8 Å². The molecule has 30 heavy (non-hydrogen) atoms. The lowest BCUT2D eigenvalue weighted by Gasteiger charge is -2.36. The maximum atomic E-state index is 12.7. The van der Waals surface area contributed by atoms with Gasteiger partial charge in [-0.25, -0.2) is 0 Å². The van der Waals surface area contributed by atoms with Crippen molar-refractivity contribution >= 4 is 29.9 Å². The molecule has 3 rings (SSSR count). The number of piperazine rings is 1. The number of halogens is 3. The number of rotatable bonds is 7. The lowest BCUT2D eigenvalue weighted by Crippen LogP contribution is -2.52. The van der Waals surface area contributed by atoms with Gasteiger partial charge in [0.2, 0.25) is 0 Å². The van der Waals surface area contributed by atoms with Crippen molar-refractivity contribution in [2.75, 3.05) is 40.3 Å². The fraction of sp³-hybridized carbons (Fsp3) is 0.474. The van der Waals surface area contributed by atoms with E-state index in [4.69, 9.17) is 9.26 Å². The van der Waals surface area contributed by atoms with Crippen LogP contribution >= 0.6 is 24.0 Å². The van der Waals surface area contributed by atoms with Crippen molar-refractivity contribution in [1.82, 2.24) is 20.3 Å². The minimum atomic E-state index is -2.90. The van der Waals surface area contributed by atoms with E-state index in [-0.39, 0.29) is 29.7 Å². The number of hydrogen-bond donors (Lipinski definition) is 1. The van der Waals surface area contributed by atoms with Gasteiger partial charge < -0.3 is 24.2 Å². The van der Waals surface area contributed by atoms with E-state index < -0.39 is 6.61 Å². The molecular formula is C19H26F2IN5O3. The maximum absolute atomic E-state index is 12.7. The number of methoxy groups -OCH3 is 1. The molecule has 0 aliphatic carbocycles. The number of alkyl halides is 2. The van der Waals surface area contributed by atoms with E-state index in [1.807, 2.05) is 6.07 Å². The highest BCUT2D eigenvalue weighted by Gasteiger charge is 2.21. The Kier molecular flexibility index (Phi) is 9.56. The Labute approximate surface area is 191 Å². The van der Waals surface area contributed by atoms with Crippen LogP contribution in [0.1, 0.15) is 11.3 Å². The van der Waals surface area contributed by atoms with Gasteiger partial charge in [0, 0.05) is 64.0 Å². The monoisotopic (exact) mass is 537 g/mol. The Hall–Kier alpha value is -2.15. The first-order valence-corrected chi connectivity index (χ1v) is 9.28. The Balaban J connectivity index is 0.00000320. The third kappa shape index (κ3) is 6.69. The topological polar surface area (TPSA) is 75.4 Å². The van der Waals surface area contributed by atoms with Crippen molar-refractivity contribution in [1.29, 1.82) is 0 Å². The molecule has 1 aliphatic heterocycles. The smallest absolute Gasteiger partial charge is 0.387 e. The van der Waals surface area contributed by atoms with Gasteiger partial charge in [-0.05, 0) is 12.1 Å². The molecule has 0 bridgehead atoms. The molecule has 2 aromatic rings. The third-order valence-electron chi connectivity index (χ3n) is 4.69. The second-order valence-electron chi connectivity index (χ2n) is 6.51. The van der Waals surface area contributed by atoms with E-state index in [0.29, 0.717) is 23.8 Å². The number of hydrogen-bond acceptors (Lipinski definition) is 6. The fourth-order valence-corrected chi connectivity index (χ4v) is 3.19. The van der Waals surface area contributed by atoms with Crippen molar-refractivity contribution in [3.8, 4) is 11.5 Å². The number of nitrogens with zero attached hydrogens (tertiary/aromatic N) is 4. The van der Waals surface area contributed by atoms with Gasteiger partial charge in [0.1, 0.15) is 17.8 Å². The van der Waals surface area contributed by atoms with Gasteiger partial charge >= 0.3 is 6.61 Å². The Morgan fingerprint density at radius 2 is 2.03 bits per heavy atom. The molecule has 1 fully saturated rings. The third-order valence-corrected chi connectivity index (χ3v) is 4.69. The average Bonchev–Trinajstić information content (AvgIpc) is 3.23. The molecule has 8 nitrogen and oxygen atoms in total. The summed E-state index contributed by atoms with van der Waals surface area (Å²) in [6, 6.07) is 6.73. The molecule has 2 heterocycles. The first-order chi connectivity index (χ1) is 14.1. The predicted molar refractivity (Wildman–Crippen MR) is 119 cm³/mol. The van der Waals surface area contributed by atoms with Crippen LogP contribution in [0.5, 0.6) is 11.5 Å². The number of nitrogens with one attached hydrogen (secondary N) is 1. The highest BCUT2D eigenvalue weighted by molar-refractivity contribution is 14.0. The highest BCUT2D eigenvalue weighted by atomic mass is 127. The molecule has 1 aromatic carbocycles. The number of aliphatic imine (C=N–C) groups is 1. The summed E-state index contributed by atoms with van der Waals surface area (Å²) in [5.41, 5.74) is 1.50. The van der Waals surface area contributed by atoms with E-state index in [1.165, 1.54) is 13.2 Å². The summed E-state index contributed by atoms with van der Waals surface area (Å²) in [7, 11) is 3.18. The zero-order valence-electron chi connectivity index (χ0n) is 16.9. The van der Waals surface area contributed by atoms with Gasteiger partial charge in [-0.2, -0.15) is 8.78 Å². The van der Waals surface area contributed by atoms with Crippen LogP contribution in [0.3, 0.4) is 0 Å². The summed E-state index contributed by atoms with van der Waals surface area (Å²) in [6.45, 7) is 1.44. The molecule has 1 aromatic heterocycles. The van der Waals surface area contributed by atoms with Crippen LogP contribution in [0.15, 0.2) is 40.0 Å². The molecule has 0 saturated carbocycles. The molecule has 1 N–H and O–H groups in total. The normalized spacial score (nSPS) is 15.1. The summed E-state index contributed by atoms with van der Waals surface area (Å²) in [5, 5.41) is 7.18. The first kappa shape index (κ1) is 24.1. The summed E-state index contributed by atoms with van der Waals surface area (Å²) in [4.78, 5) is 8.75. The molecule has 0 amide bonds. The number of guanidine groups is 1. The van der Waals surface area contributed by atoms with E-state index in [2.05, 4.69) is 30.0 Å². The summed E-state index contributed by atoms with van der Waals surface area (Å²) >= 11 is 0. The summed E-state index contributed by atoms with van der Waals surface area (Å²) in [5.74, 6) is 1.25. The van der Waals surface area contributed by atoms with Crippen molar-refractivity contribution in [3.63, 3.8) is 0 Å². The van der Waals surface area contributed by atoms with Crippen LogP contribution < -0.4 is 14.8 Å². The molecule has 1 saturated heterocycles. The lowest BCUT2D eigenvalue weighted by atomic mass is 10.2. The number of ether oxygens (including phenoxy) is 2. The summed E-state index contributed by atoms with van der Waals surface area (Å²) < 4.78 is 40.1. The van der Waals surface area contributed by atoms with Crippen molar-refractivity contribution in [2.45, 2.75) is 19.7 Å². The Bertz CT molecular complexity index is 799. The van der Waals surface area contributed by atoms with Gasteiger partial charge in [-0.3, -0.25) is 9.89 Å². The standard InChI is InChI=1S/C19H25F2N5O3.HI/c1-22-19(26-8-6-25(7-9-26)13-15-5-10-28-24-15)23-12-14-3-4-16(27-2)11-17(14)29-18(20)21;/h3-5,10-11,18H,6-9,12-13H2,1-2H3,(H,22,23);1H. The van der Waals surface area contributed by atoms with Crippen LogP contribution in [0.2, 0.25) is 0 Å². The van der Waals surface area contributed by atoms with Crippen LogP contribution in [-0.2, 0) is 13.1 Å². The van der Waals surface area contributed by atoms with Gasteiger partial charge in [-0.1, -0.05) is 5.16 Å². The minimum absolute atomic E-state index is 0. The average molecular weight is 537 g/mol. The molecule has 0 unspecified atom stereocenters. The lowest BCUT2D eigenvalue weighted by molar-refractivity contribution is -0.0505. The molecule has 11 heteroatoms. The number of benzene rings is 1. The second-order valence-corrected chi connectivity index (χ2v) is 6.51. The van der Waals surface area contributed by atoms with E-state index >= 15 is 0 Å². The molecule has 166 valence electrons. The number of aromatic nitrogens is 1. The first-order valence-electron chi connectivity index (χ1n) is 9.28.